The zero-order chi connectivity index (χ0) is 18.1. The van der Waals surface area contributed by atoms with E-state index in [2.05, 4.69) is 9.88 Å². The monoisotopic (exact) mass is 379 g/mol. The van der Waals surface area contributed by atoms with Gasteiger partial charge in [0, 0.05) is 51.0 Å². The number of amides is 1. The van der Waals surface area contributed by atoms with Crippen LogP contribution in [0, 0.1) is 5.92 Å². The molecule has 1 aromatic rings. The lowest BCUT2D eigenvalue weighted by molar-refractivity contribution is -0.144. The first-order valence-corrected chi connectivity index (χ1v) is 11.1. The molecule has 3 aliphatic rings. The molecule has 7 nitrogen and oxygen atoms in total. The van der Waals surface area contributed by atoms with Gasteiger partial charge in [-0.25, -0.2) is 8.42 Å². The van der Waals surface area contributed by atoms with Crippen LogP contribution in [0.25, 0.3) is 0 Å². The molecule has 8 heteroatoms. The number of hydrogen-bond donors (Lipinski definition) is 0. The minimum atomic E-state index is -3.13. The van der Waals surface area contributed by atoms with Gasteiger partial charge in [-0.1, -0.05) is 6.07 Å². The minimum Gasteiger partial charge on any atom is -0.381 e. The number of hydrogen-bond acceptors (Lipinski definition) is 6. The second-order valence-electron chi connectivity index (χ2n) is 7.42. The molecule has 4 rings (SSSR count). The molecule has 26 heavy (non-hydrogen) atoms. The van der Waals surface area contributed by atoms with Crippen LogP contribution in [0.1, 0.15) is 18.5 Å². The summed E-state index contributed by atoms with van der Waals surface area (Å²) in [6.07, 6.45) is 3.22. The highest BCUT2D eigenvalue weighted by Crippen LogP contribution is 2.30. The number of pyridine rings is 1. The molecule has 1 aromatic heterocycles. The van der Waals surface area contributed by atoms with Gasteiger partial charge < -0.3 is 9.64 Å². The lowest BCUT2D eigenvalue weighted by atomic mass is 9.95. The van der Waals surface area contributed by atoms with E-state index in [9.17, 15) is 13.2 Å². The number of aromatic nitrogens is 1. The molecular formula is C18H25N3O4S. The van der Waals surface area contributed by atoms with E-state index in [1.165, 1.54) is 0 Å². The van der Waals surface area contributed by atoms with Gasteiger partial charge in [-0.15, -0.1) is 0 Å². The molecular weight excluding hydrogens is 354 g/mol. The summed E-state index contributed by atoms with van der Waals surface area (Å²) in [4.78, 5) is 21.4. The molecule has 3 fully saturated rings. The third-order valence-corrected chi connectivity index (χ3v) is 7.43. The predicted octanol–water partition coefficient (Wildman–Crippen LogP) is 0.318. The van der Waals surface area contributed by atoms with Crippen molar-refractivity contribution >= 4 is 15.7 Å². The van der Waals surface area contributed by atoms with Crippen molar-refractivity contribution in [1.29, 1.82) is 0 Å². The highest BCUT2D eigenvalue weighted by Gasteiger charge is 2.48. The van der Waals surface area contributed by atoms with Gasteiger partial charge in [0.05, 0.1) is 23.2 Å². The van der Waals surface area contributed by atoms with Crippen molar-refractivity contribution < 1.29 is 17.9 Å². The fourth-order valence-corrected chi connectivity index (χ4v) is 6.39. The molecule has 4 heterocycles. The van der Waals surface area contributed by atoms with Crippen LogP contribution in [-0.4, -0.2) is 79.0 Å². The smallest absolute Gasteiger partial charge is 0.226 e. The Morgan fingerprint density at radius 1 is 1.15 bits per heavy atom. The van der Waals surface area contributed by atoms with Gasteiger partial charge in [-0.3, -0.25) is 14.7 Å². The topological polar surface area (TPSA) is 79.8 Å². The minimum absolute atomic E-state index is 0.0324. The predicted molar refractivity (Wildman–Crippen MR) is 96.1 cm³/mol. The van der Waals surface area contributed by atoms with Gasteiger partial charge >= 0.3 is 0 Å². The lowest BCUT2D eigenvalue weighted by Crippen LogP contribution is -2.61. The van der Waals surface area contributed by atoms with Crippen LogP contribution >= 0.6 is 0 Å². The molecule has 0 spiro atoms. The van der Waals surface area contributed by atoms with Crippen molar-refractivity contribution in [1.82, 2.24) is 14.8 Å². The number of sulfone groups is 1. The summed E-state index contributed by atoms with van der Waals surface area (Å²) in [6.45, 7) is 3.11. The zero-order valence-electron chi connectivity index (χ0n) is 14.8. The number of carbonyl (C=O) groups is 1. The highest BCUT2D eigenvalue weighted by molar-refractivity contribution is 7.91. The van der Waals surface area contributed by atoms with E-state index in [1.807, 2.05) is 23.1 Å². The summed E-state index contributed by atoms with van der Waals surface area (Å²) in [5.41, 5.74) is 0.930. The Bertz CT molecular complexity index is 749. The molecule has 0 radical (unpaired) electrons. The average molecular weight is 379 g/mol. The summed E-state index contributed by atoms with van der Waals surface area (Å²) in [5.74, 6) is 0.279. The molecule has 0 saturated carbocycles. The van der Waals surface area contributed by atoms with Gasteiger partial charge in [0.2, 0.25) is 5.91 Å². The van der Waals surface area contributed by atoms with Gasteiger partial charge in [0.1, 0.15) is 0 Å². The first-order chi connectivity index (χ1) is 12.5. The van der Waals surface area contributed by atoms with Crippen LogP contribution < -0.4 is 0 Å². The normalized spacial score (nSPS) is 29.5. The van der Waals surface area contributed by atoms with Crippen molar-refractivity contribution in [2.45, 2.75) is 31.5 Å². The van der Waals surface area contributed by atoms with Crippen LogP contribution in [0.2, 0.25) is 0 Å². The van der Waals surface area contributed by atoms with Crippen LogP contribution in [0.3, 0.4) is 0 Å². The molecule has 3 saturated heterocycles. The van der Waals surface area contributed by atoms with E-state index in [0.717, 1.165) is 18.5 Å². The van der Waals surface area contributed by atoms with Crippen LogP contribution in [0.5, 0.6) is 0 Å². The van der Waals surface area contributed by atoms with Gasteiger partial charge in [0.25, 0.3) is 0 Å². The number of piperazine rings is 1. The second-order valence-corrected chi connectivity index (χ2v) is 9.58. The highest BCUT2D eigenvalue weighted by atomic mass is 32.2. The fourth-order valence-electron chi connectivity index (χ4n) is 4.37. The Morgan fingerprint density at radius 2 is 1.92 bits per heavy atom. The molecule has 142 valence electrons. The fraction of sp³-hybridized carbons (Fsp3) is 0.667. The van der Waals surface area contributed by atoms with Gasteiger partial charge in [-0.05, 0) is 25.0 Å². The molecule has 0 bridgehead atoms. The summed E-state index contributed by atoms with van der Waals surface area (Å²) >= 11 is 0. The maximum Gasteiger partial charge on any atom is 0.226 e. The first-order valence-electron chi connectivity index (χ1n) is 9.26. The van der Waals surface area contributed by atoms with Crippen LogP contribution in [-0.2, 0) is 25.9 Å². The molecule has 1 amide bonds. The Kier molecular flexibility index (Phi) is 4.98. The van der Waals surface area contributed by atoms with Crippen LogP contribution in [0.15, 0.2) is 24.4 Å². The maximum absolute atomic E-state index is 13.0. The number of fused-ring (bicyclic) bond motifs is 1. The number of carbonyl (C=O) groups excluding carboxylic acids is 1. The third kappa shape index (κ3) is 3.63. The Hall–Kier alpha value is -1.51. The molecule has 3 aliphatic heterocycles. The summed E-state index contributed by atoms with van der Waals surface area (Å²) in [5, 5.41) is 0. The lowest BCUT2D eigenvalue weighted by Gasteiger charge is -2.45. The van der Waals surface area contributed by atoms with E-state index in [-0.39, 0.29) is 35.4 Å². The third-order valence-electron chi connectivity index (χ3n) is 5.74. The van der Waals surface area contributed by atoms with Gasteiger partial charge in [-0.2, -0.15) is 0 Å². The zero-order valence-corrected chi connectivity index (χ0v) is 15.6. The summed E-state index contributed by atoms with van der Waals surface area (Å²) < 4.78 is 30.0. The molecule has 2 atom stereocenters. The van der Waals surface area contributed by atoms with Gasteiger partial charge in [0.15, 0.2) is 9.84 Å². The standard InChI is InChI=1S/C18H25N3O4S/c22-18(14-4-9-25-10-5-14)21-8-7-20(11-15-3-1-2-6-19-15)16-12-26(23,24)13-17(16)21/h1-3,6,14,16-17H,4-5,7-13H2. The van der Waals surface area contributed by atoms with E-state index in [0.29, 0.717) is 32.8 Å². The number of rotatable bonds is 3. The molecule has 0 N–H and O–H groups in total. The SMILES string of the molecule is O=C(C1CCOCC1)N1CCN(Cc2ccccn2)C2CS(=O)(=O)CC21. The van der Waals surface area contributed by atoms with E-state index >= 15 is 0 Å². The molecule has 2 unspecified atom stereocenters. The maximum atomic E-state index is 13.0. The molecule has 0 aliphatic carbocycles. The summed E-state index contributed by atoms with van der Waals surface area (Å²) in [6, 6.07) is 5.39. The first kappa shape index (κ1) is 17.9. The summed E-state index contributed by atoms with van der Waals surface area (Å²) in [7, 11) is -3.13. The van der Waals surface area contributed by atoms with Crippen molar-refractivity contribution in [3.63, 3.8) is 0 Å². The average Bonchev–Trinajstić information content (AvgIpc) is 2.98. The van der Waals surface area contributed by atoms with Crippen molar-refractivity contribution in [3.8, 4) is 0 Å². The largest absolute Gasteiger partial charge is 0.381 e. The number of nitrogens with zero attached hydrogens (tertiary/aromatic N) is 3. The number of ether oxygens (including phenoxy) is 1. The van der Waals surface area contributed by atoms with Crippen molar-refractivity contribution in [3.05, 3.63) is 30.1 Å². The van der Waals surface area contributed by atoms with Crippen LogP contribution in [0.4, 0.5) is 0 Å². The van der Waals surface area contributed by atoms with E-state index < -0.39 is 9.84 Å². The second kappa shape index (κ2) is 7.25. The van der Waals surface area contributed by atoms with E-state index in [1.54, 1.807) is 6.20 Å². The van der Waals surface area contributed by atoms with Crippen molar-refractivity contribution in [2.24, 2.45) is 5.92 Å². The Morgan fingerprint density at radius 3 is 2.65 bits per heavy atom. The van der Waals surface area contributed by atoms with E-state index in [4.69, 9.17) is 4.74 Å². The van der Waals surface area contributed by atoms with Crippen molar-refractivity contribution in [2.75, 3.05) is 37.8 Å². The Balaban J connectivity index is 1.52. The quantitative estimate of drug-likeness (QED) is 0.752. The molecule has 0 aromatic carbocycles. The Labute approximate surface area is 154 Å².